The molecule has 0 bridgehead atoms. The summed E-state index contributed by atoms with van der Waals surface area (Å²) < 4.78 is 0. The Kier molecular flexibility index (Phi) is 3.41. The van der Waals surface area contributed by atoms with E-state index in [9.17, 15) is 0 Å². The molecular formula is C11H16ClN3. The lowest BCUT2D eigenvalue weighted by atomic mass is 10.2. The molecule has 15 heavy (non-hydrogen) atoms. The highest BCUT2D eigenvalue weighted by atomic mass is 35.5. The lowest BCUT2D eigenvalue weighted by Crippen LogP contribution is -2.33. The molecular weight excluding hydrogens is 210 g/mol. The van der Waals surface area contributed by atoms with Crippen molar-refractivity contribution in [3.8, 4) is 0 Å². The first-order chi connectivity index (χ1) is 7.31. The summed E-state index contributed by atoms with van der Waals surface area (Å²) in [6.45, 7) is 3.15. The van der Waals surface area contributed by atoms with Gasteiger partial charge in [0.1, 0.15) is 0 Å². The molecule has 1 heterocycles. The molecule has 0 N–H and O–H groups in total. The van der Waals surface area contributed by atoms with Gasteiger partial charge in [0.2, 0.25) is 0 Å². The molecule has 0 atom stereocenters. The quantitative estimate of drug-likeness (QED) is 0.792. The molecule has 82 valence electrons. The van der Waals surface area contributed by atoms with Gasteiger partial charge in [-0.1, -0.05) is 24.4 Å². The minimum Gasteiger partial charge on any atom is -0.352 e. The van der Waals surface area contributed by atoms with Crippen molar-refractivity contribution in [2.24, 2.45) is 0 Å². The average molecular weight is 226 g/mol. The summed E-state index contributed by atoms with van der Waals surface area (Å²) in [5, 5.41) is 8.49. The van der Waals surface area contributed by atoms with Gasteiger partial charge in [0.25, 0.3) is 0 Å². The van der Waals surface area contributed by atoms with E-state index in [1.807, 2.05) is 12.1 Å². The molecule has 1 aromatic rings. The van der Waals surface area contributed by atoms with Crippen LogP contribution >= 0.6 is 11.6 Å². The van der Waals surface area contributed by atoms with E-state index in [-0.39, 0.29) is 0 Å². The minimum atomic E-state index is 0.459. The maximum absolute atomic E-state index is 5.73. The van der Waals surface area contributed by atoms with Crippen LogP contribution in [0, 0.1) is 0 Å². The molecule has 0 aromatic carbocycles. The first kappa shape index (κ1) is 10.7. The third kappa shape index (κ3) is 2.40. The smallest absolute Gasteiger partial charge is 0.151 e. The monoisotopic (exact) mass is 225 g/mol. The second-order valence-corrected chi connectivity index (χ2v) is 4.33. The molecule has 0 aliphatic heterocycles. The number of nitrogens with zero attached hydrogens (tertiary/aromatic N) is 3. The first-order valence-corrected chi connectivity index (χ1v) is 5.95. The zero-order valence-corrected chi connectivity index (χ0v) is 9.74. The summed E-state index contributed by atoms with van der Waals surface area (Å²) in [5.74, 6) is 0.953. The Balaban J connectivity index is 2.14. The Bertz CT molecular complexity index is 306. The number of anilines is 1. The van der Waals surface area contributed by atoms with Crippen LogP contribution in [0.2, 0.25) is 5.15 Å². The third-order valence-electron chi connectivity index (χ3n) is 3.02. The number of aromatic nitrogens is 2. The molecule has 3 nitrogen and oxygen atoms in total. The standard InChI is InChI=1S/C11H16ClN3/c1-2-15(9-5-3-4-6-9)11-8-7-10(12)13-14-11/h7-9H,2-6H2,1H3. The molecule has 1 fully saturated rings. The number of halogens is 1. The van der Waals surface area contributed by atoms with Crippen LogP contribution in [-0.4, -0.2) is 22.8 Å². The summed E-state index contributed by atoms with van der Waals surface area (Å²) in [5.41, 5.74) is 0. The highest BCUT2D eigenvalue weighted by Gasteiger charge is 2.22. The zero-order chi connectivity index (χ0) is 10.7. The average Bonchev–Trinajstić information content (AvgIpc) is 2.75. The molecule has 1 aliphatic rings. The molecule has 1 saturated carbocycles. The van der Waals surface area contributed by atoms with Crippen LogP contribution in [0.25, 0.3) is 0 Å². The molecule has 0 saturated heterocycles. The fourth-order valence-electron chi connectivity index (χ4n) is 2.29. The second-order valence-electron chi connectivity index (χ2n) is 3.94. The van der Waals surface area contributed by atoms with E-state index < -0.39 is 0 Å². The molecule has 0 amide bonds. The molecule has 1 aromatic heterocycles. The predicted molar refractivity (Wildman–Crippen MR) is 62.3 cm³/mol. The van der Waals surface area contributed by atoms with Gasteiger partial charge in [0.15, 0.2) is 11.0 Å². The van der Waals surface area contributed by atoms with E-state index in [2.05, 4.69) is 22.0 Å². The van der Waals surface area contributed by atoms with Crippen molar-refractivity contribution in [1.82, 2.24) is 10.2 Å². The van der Waals surface area contributed by atoms with Crippen LogP contribution in [0.15, 0.2) is 12.1 Å². The summed E-state index contributed by atoms with van der Waals surface area (Å²) in [6.07, 6.45) is 5.22. The highest BCUT2D eigenvalue weighted by molar-refractivity contribution is 6.29. The summed E-state index contributed by atoms with van der Waals surface area (Å²) in [7, 11) is 0. The molecule has 1 aliphatic carbocycles. The van der Waals surface area contributed by atoms with Gasteiger partial charge in [-0.15, -0.1) is 10.2 Å². The lowest BCUT2D eigenvalue weighted by Gasteiger charge is -2.28. The SMILES string of the molecule is CCN(c1ccc(Cl)nn1)C1CCCC1. The van der Waals surface area contributed by atoms with Crippen LogP contribution in [-0.2, 0) is 0 Å². The van der Waals surface area contributed by atoms with E-state index in [0.29, 0.717) is 11.2 Å². The van der Waals surface area contributed by atoms with Crippen molar-refractivity contribution in [2.75, 3.05) is 11.4 Å². The number of hydrogen-bond donors (Lipinski definition) is 0. The number of hydrogen-bond acceptors (Lipinski definition) is 3. The van der Waals surface area contributed by atoms with Crippen molar-refractivity contribution < 1.29 is 0 Å². The van der Waals surface area contributed by atoms with Crippen molar-refractivity contribution in [3.63, 3.8) is 0 Å². The maximum atomic E-state index is 5.73. The maximum Gasteiger partial charge on any atom is 0.151 e. The van der Waals surface area contributed by atoms with Gasteiger partial charge in [-0.2, -0.15) is 0 Å². The predicted octanol–water partition coefficient (Wildman–Crippen LogP) is 2.90. The molecule has 0 radical (unpaired) electrons. The van der Waals surface area contributed by atoms with Gasteiger partial charge in [0, 0.05) is 12.6 Å². The Morgan fingerprint density at radius 2 is 2.07 bits per heavy atom. The molecule has 2 rings (SSSR count). The fourth-order valence-corrected chi connectivity index (χ4v) is 2.39. The minimum absolute atomic E-state index is 0.459. The van der Waals surface area contributed by atoms with Gasteiger partial charge in [-0.25, -0.2) is 0 Å². The third-order valence-corrected chi connectivity index (χ3v) is 3.22. The van der Waals surface area contributed by atoms with Crippen LogP contribution in [0.3, 0.4) is 0 Å². The van der Waals surface area contributed by atoms with Gasteiger partial charge in [-0.3, -0.25) is 0 Å². The van der Waals surface area contributed by atoms with E-state index >= 15 is 0 Å². The van der Waals surface area contributed by atoms with Gasteiger partial charge in [0.05, 0.1) is 0 Å². The zero-order valence-electron chi connectivity index (χ0n) is 8.99. The van der Waals surface area contributed by atoms with E-state index in [4.69, 9.17) is 11.6 Å². The normalized spacial score (nSPS) is 16.9. The van der Waals surface area contributed by atoms with Gasteiger partial charge < -0.3 is 4.90 Å². The Morgan fingerprint density at radius 3 is 2.60 bits per heavy atom. The Morgan fingerprint density at radius 1 is 1.33 bits per heavy atom. The van der Waals surface area contributed by atoms with Gasteiger partial charge in [-0.05, 0) is 31.9 Å². The fraction of sp³-hybridized carbons (Fsp3) is 0.636. The van der Waals surface area contributed by atoms with Gasteiger partial charge >= 0.3 is 0 Å². The summed E-state index contributed by atoms with van der Waals surface area (Å²) in [4.78, 5) is 2.33. The van der Waals surface area contributed by atoms with E-state index in [1.54, 1.807) is 0 Å². The highest BCUT2D eigenvalue weighted by Crippen LogP contribution is 2.26. The van der Waals surface area contributed by atoms with Crippen molar-refractivity contribution in [3.05, 3.63) is 17.3 Å². The van der Waals surface area contributed by atoms with Crippen LogP contribution in [0.1, 0.15) is 32.6 Å². The van der Waals surface area contributed by atoms with Crippen molar-refractivity contribution in [2.45, 2.75) is 38.6 Å². The summed E-state index contributed by atoms with van der Waals surface area (Å²) >= 11 is 5.73. The summed E-state index contributed by atoms with van der Waals surface area (Å²) in [6, 6.07) is 4.41. The Labute approximate surface area is 95.5 Å². The largest absolute Gasteiger partial charge is 0.352 e. The molecule has 0 spiro atoms. The van der Waals surface area contributed by atoms with Crippen LogP contribution < -0.4 is 4.90 Å². The van der Waals surface area contributed by atoms with E-state index in [1.165, 1.54) is 25.7 Å². The lowest BCUT2D eigenvalue weighted by molar-refractivity contribution is 0.609. The topological polar surface area (TPSA) is 29.0 Å². The first-order valence-electron chi connectivity index (χ1n) is 5.57. The van der Waals surface area contributed by atoms with Crippen molar-refractivity contribution in [1.29, 1.82) is 0 Å². The second kappa shape index (κ2) is 4.79. The Hall–Kier alpha value is -0.830. The number of rotatable bonds is 3. The van der Waals surface area contributed by atoms with E-state index in [0.717, 1.165) is 12.4 Å². The molecule has 0 unspecified atom stereocenters. The van der Waals surface area contributed by atoms with Crippen LogP contribution in [0.5, 0.6) is 0 Å². The van der Waals surface area contributed by atoms with Crippen molar-refractivity contribution >= 4 is 17.4 Å². The molecule has 4 heteroatoms. The van der Waals surface area contributed by atoms with Crippen LogP contribution in [0.4, 0.5) is 5.82 Å².